The predicted octanol–water partition coefficient (Wildman–Crippen LogP) is 5.31. The van der Waals surface area contributed by atoms with Crippen LogP contribution in [0, 0.1) is 6.92 Å². The second-order valence-electron chi connectivity index (χ2n) is 7.86. The first kappa shape index (κ1) is 20.5. The van der Waals surface area contributed by atoms with Crippen LogP contribution in [0.4, 0.5) is 5.69 Å². The van der Waals surface area contributed by atoms with E-state index in [2.05, 4.69) is 35.3 Å². The molecule has 0 N–H and O–H groups in total. The van der Waals surface area contributed by atoms with Gasteiger partial charge in [-0.2, -0.15) is 0 Å². The number of hydrogen-bond acceptors (Lipinski definition) is 4. The molecule has 0 bridgehead atoms. The summed E-state index contributed by atoms with van der Waals surface area (Å²) in [6.45, 7) is 2.83. The maximum Gasteiger partial charge on any atom is 0.237 e. The Balaban J connectivity index is 1.45. The lowest BCUT2D eigenvalue weighted by Gasteiger charge is -2.29. The second-order valence-corrected chi connectivity index (χ2v) is 8.80. The van der Waals surface area contributed by atoms with Crippen molar-refractivity contribution >= 4 is 23.4 Å². The van der Waals surface area contributed by atoms with Gasteiger partial charge in [0.05, 0.1) is 5.75 Å². The number of amides is 1. The molecule has 0 saturated carbocycles. The Bertz CT molecular complexity index is 1250. The molecule has 160 valence electrons. The molecule has 1 aliphatic rings. The number of benzene rings is 3. The first-order chi connectivity index (χ1) is 15.7. The van der Waals surface area contributed by atoms with E-state index in [0.717, 1.165) is 47.7 Å². The van der Waals surface area contributed by atoms with Crippen molar-refractivity contribution in [2.75, 3.05) is 17.2 Å². The van der Waals surface area contributed by atoms with Crippen LogP contribution in [0.15, 0.2) is 84.0 Å². The van der Waals surface area contributed by atoms with Crippen molar-refractivity contribution in [1.82, 2.24) is 14.8 Å². The van der Waals surface area contributed by atoms with Crippen molar-refractivity contribution in [2.24, 2.45) is 0 Å². The zero-order chi connectivity index (χ0) is 21.9. The third-order valence-electron chi connectivity index (χ3n) is 5.77. The van der Waals surface area contributed by atoms with Crippen LogP contribution < -0.4 is 4.90 Å². The predicted molar refractivity (Wildman–Crippen MR) is 129 cm³/mol. The van der Waals surface area contributed by atoms with E-state index in [1.807, 2.05) is 70.1 Å². The molecule has 1 amide bonds. The van der Waals surface area contributed by atoms with Gasteiger partial charge >= 0.3 is 0 Å². The van der Waals surface area contributed by atoms with Crippen molar-refractivity contribution in [3.63, 3.8) is 0 Å². The molecule has 3 aromatic carbocycles. The summed E-state index contributed by atoms with van der Waals surface area (Å²) in [4.78, 5) is 15.1. The van der Waals surface area contributed by atoms with Gasteiger partial charge in [-0.3, -0.25) is 9.36 Å². The van der Waals surface area contributed by atoms with Gasteiger partial charge in [-0.1, -0.05) is 72.4 Å². The topological polar surface area (TPSA) is 51.0 Å². The lowest BCUT2D eigenvalue weighted by molar-refractivity contribution is -0.116. The third-order valence-corrected chi connectivity index (χ3v) is 6.68. The molecule has 0 atom stereocenters. The van der Waals surface area contributed by atoms with Crippen LogP contribution in [0.2, 0.25) is 0 Å². The van der Waals surface area contributed by atoms with E-state index in [1.165, 1.54) is 17.3 Å². The number of anilines is 1. The smallest absolute Gasteiger partial charge is 0.237 e. The van der Waals surface area contributed by atoms with Crippen LogP contribution in [0.1, 0.15) is 17.5 Å². The summed E-state index contributed by atoms with van der Waals surface area (Å²) in [6, 6.07) is 26.4. The molecule has 5 rings (SSSR count). The van der Waals surface area contributed by atoms with Crippen molar-refractivity contribution in [3.05, 3.63) is 90.0 Å². The summed E-state index contributed by atoms with van der Waals surface area (Å²) in [6.07, 6.45) is 2.01. The lowest BCUT2D eigenvalue weighted by atomic mass is 10.0. The molecule has 0 unspecified atom stereocenters. The molecule has 0 radical (unpaired) electrons. The number of aromatic nitrogens is 3. The lowest BCUT2D eigenvalue weighted by Crippen LogP contribution is -2.36. The minimum atomic E-state index is 0.0993. The fraction of sp³-hybridized carbons (Fsp3) is 0.192. The molecule has 6 heteroatoms. The van der Waals surface area contributed by atoms with Gasteiger partial charge in [0, 0.05) is 23.5 Å². The van der Waals surface area contributed by atoms with Crippen LogP contribution in [-0.2, 0) is 11.2 Å². The highest BCUT2D eigenvalue weighted by Gasteiger charge is 2.24. The Labute approximate surface area is 192 Å². The molecule has 1 aromatic heterocycles. The molecule has 5 nitrogen and oxygen atoms in total. The summed E-state index contributed by atoms with van der Waals surface area (Å²) in [5.41, 5.74) is 5.43. The van der Waals surface area contributed by atoms with Crippen molar-refractivity contribution in [2.45, 2.75) is 24.9 Å². The molecule has 1 aliphatic heterocycles. The van der Waals surface area contributed by atoms with Crippen LogP contribution in [-0.4, -0.2) is 33.0 Å². The normalized spacial score (nSPS) is 13.1. The number of para-hydroxylation sites is 2. The van der Waals surface area contributed by atoms with Crippen LogP contribution in [0.3, 0.4) is 0 Å². The van der Waals surface area contributed by atoms with E-state index >= 15 is 0 Å². The summed E-state index contributed by atoms with van der Waals surface area (Å²) in [5, 5.41) is 9.71. The van der Waals surface area contributed by atoms with Gasteiger partial charge in [-0.25, -0.2) is 0 Å². The van der Waals surface area contributed by atoms with Gasteiger partial charge in [0.2, 0.25) is 5.91 Å². The maximum atomic E-state index is 13.2. The second kappa shape index (κ2) is 9.01. The van der Waals surface area contributed by atoms with Crippen molar-refractivity contribution in [1.29, 1.82) is 0 Å². The average molecular weight is 441 g/mol. The number of nitrogens with zero attached hydrogens (tertiary/aromatic N) is 4. The number of rotatable bonds is 5. The van der Waals surface area contributed by atoms with Crippen LogP contribution >= 0.6 is 11.8 Å². The molecule has 0 fully saturated rings. The molecule has 0 saturated heterocycles. The Morgan fingerprint density at radius 2 is 1.69 bits per heavy atom. The average Bonchev–Trinajstić information content (AvgIpc) is 3.26. The first-order valence-corrected chi connectivity index (χ1v) is 11.8. The third kappa shape index (κ3) is 3.94. The molecule has 0 spiro atoms. The van der Waals surface area contributed by atoms with Gasteiger partial charge in [0.1, 0.15) is 0 Å². The van der Waals surface area contributed by atoms with Gasteiger partial charge in [-0.05, 0) is 49.1 Å². The molecular weight excluding hydrogens is 416 g/mol. The molecule has 32 heavy (non-hydrogen) atoms. The summed E-state index contributed by atoms with van der Waals surface area (Å²) in [5.74, 6) is 1.20. The SMILES string of the molecule is Cc1ccccc1-c1nnc(SCC(=O)N2CCCc3ccccc32)n1-c1ccccc1. The van der Waals surface area contributed by atoms with Gasteiger partial charge < -0.3 is 4.90 Å². The zero-order valence-corrected chi connectivity index (χ0v) is 18.8. The highest BCUT2D eigenvalue weighted by molar-refractivity contribution is 7.99. The summed E-state index contributed by atoms with van der Waals surface area (Å²) in [7, 11) is 0. The van der Waals surface area contributed by atoms with Crippen molar-refractivity contribution in [3.8, 4) is 17.1 Å². The van der Waals surface area contributed by atoms with E-state index in [4.69, 9.17) is 0 Å². The number of carbonyl (C=O) groups is 1. The van der Waals surface area contributed by atoms with E-state index in [1.54, 1.807) is 0 Å². The van der Waals surface area contributed by atoms with E-state index in [9.17, 15) is 4.79 Å². The van der Waals surface area contributed by atoms with E-state index in [0.29, 0.717) is 10.9 Å². The highest BCUT2D eigenvalue weighted by atomic mass is 32.2. The van der Waals surface area contributed by atoms with Crippen LogP contribution in [0.25, 0.3) is 17.1 Å². The minimum absolute atomic E-state index is 0.0993. The largest absolute Gasteiger partial charge is 0.311 e. The van der Waals surface area contributed by atoms with Gasteiger partial charge in [-0.15, -0.1) is 10.2 Å². The standard InChI is InChI=1S/C26H24N4OS/c1-19-10-5-7-15-22(19)25-27-28-26(30(25)21-13-3-2-4-14-21)32-18-24(31)29-17-9-12-20-11-6-8-16-23(20)29/h2-8,10-11,13-16H,9,12,17-18H2,1H3. The molecule has 0 aliphatic carbocycles. The quantitative estimate of drug-likeness (QED) is 0.395. The number of thioether (sulfide) groups is 1. The number of carbonyl (C=O) groups excluding carboxylic acids is 1. The maximum absolute atomic E-state index is 13.2. The van der Waals surface area contributed by atoms with Crippen LogP contribution in [0.5, 0.6) is 0 Å². The highest BCUT2D eigenvalue weighted by Crippen LogP contribution is 2.31. The fourth-order valence-corrected chi connectivity index (χ4v) is 5.00. The van der Waals surface area contributed by atoms with Crippen molar-refractivity contribution < 1.29 is 4.79 Å². The monoisotopic (exact) mass is 440 g/mol. The number of fused-ring (bicyclic) bond motifs is 1. The Morgan fingerprint density at radius 1 is 0.938 bits per heavy atom. The Kier molecular flexibility index (Phi) is 5.77. The Hall–Kier alpha value is -3.38. The minimum Gasteiger partial charge on any atom is -0.311 e. The summed E-state index contributed by atoms with van der Waals surface area (Å²) >= 11 is 1.44. The summed E-state index contributed by atoms with van der Waals surface area (Å²) < 4.78 is 2.05. The van der Waals surface area contributed by atoms with Gasteiger partial charge in [0.25, 0.3) is 0 Å². The Morgan fingerprint density at radius 3 is 2.53 bits per heavy atom. The first-order valence-electron chi connectivity index (χ1n) is 10.8. The molecular formula is C26H24N4OS. The van der Waals surface area contributed by atoms with E-state index < -0.39 is 0 Å². The molecule has 2 heterocycles. The van der Waals surface area contributed by atoms with E-state index in [-0.39, 0.29) is 5.91 Å². The van der Waals surface area contributed by atoms with Gasteiger partial charge in [0.15, 0.2) is 11.0 Å². The number of aryl methyl sites for hydroxylation is 2. The number of hydrogen-bond donors (Lipinski definition) is 0. The zero-order valence-electron chi connectivity index (χ0n) is 17.9. The fourth-order valence-electron chi connectivity index (χ4n) is 4.17. The molecule has 4 aromatic rings.